The molecular weight excluding hydrogens is 635 g/mol. The molecule has 1 heterocycles. The maximum Gasteiger partial charge on any atom is 0.309 e. The highest BCUT2D eigenvalue weighted by molar-refractivity contribution is 14.1. The lowest BCUT2D eigenvalue weighted by Crippen LogP contribution is -2.50. The summed E-state index contributed by atoms with van der Waals surface area (Å²) >= 11 is 2.20. The predicted molar refractivity (Wildman–Crippen MR) is 173 cm³/mol. The van der Waals surface area contributed by atoms with Gasteiger partial charge in [0.2, 0.25) is 0 Å². The number of rotatable bonds is 14. The molecule has 1 N–H and O–H groups in total. The van der Waals surface area contributed by atoms with Gasteiger partial charge in [0, 0.05) is 11.5 Å². The first kappa shape index (κ1) is 34.7. The van der Waals surface area contributed by atoms with Crippen LogP contribution in [0.3, 0.4) is 0 Å². The Bertz CT molecular complexity index is 1050. The number of halogens is 1. The first-order chi connectivity index (χ1) is 18.5. The van der Waals surface area contributed by atoms with Crippen LogP contribution in [-0.2, 0) is 18.7 Å². The normalized spacial score (nSPS) is 25.1. The van der Waals surface area contributed by atoms with Crippen molar-refractivity contribution in [1.82, 2.24) is 0 Å². The molecule has 2 rings (SSSR count). The fraction of sp³-hybridized carbons (Fsp3) is 0.594. The van der Waals surface area contributed by atoms with E-state index >= 15 is 0 Å². The minimum Gasteiger partial charge on any atom is -0.497 e. The number of carbonyl (C=O) groups is 1. The van der Waals surface area contributed by atoms with E-state index in [-0.39, 0.29) is 23.0 Å². The van der Waals surface area contributed by atoms with Crippen molar-refractivity contribution < 1.29 is 28.5 Å². The average molecular weight is 685 g/mol. The summed E-state index contributed by atoms with van der Waals surface area (Å²) in [5.41, 5.74) is 1.19. The van der Waals surface area contributed by atoms with Gasteiger partial charge in [-0.15, -0.1) is 13.2 Å². The fourth-order valence-electron chi connectivity index (χ4n) is 5.11. The van der Waals surface area contributed by atoms with E-state index in [9.17, 15) is 9.90 Å². The Kier molecular flexibility index (Phi) is 12.3. The molecule has 0 spiro atoms. The number of hydrogen-bond acceptors (Lipinski definition) is 5. The van der Waals surface area contributed by atoms with E-state index in [1.165, 1.54) is 0 Å². The minimum absolute atomic E-state index is 0.0420. The maximum absolute atomic E-state index is 13.0. The summed E-state index contributed by atoms with van der Waals surface area (Å²) in [6.45, 7) is 24.9. The van der Waals surface area contributed by atoms with Crippen LogP contribution < -0.4 is 4.74 Å². The maximum atomic E-state index is 13.0. The summed E-state index contributed by atoms with van der Waals surface area (Å²) < 4.78 is 27.1. The number of benzene rings is 1. The molecule has 7 atom stereocenters. The van der Waals surface area contributed by atoms with Crippen molar-refractivity contribution in [2.45, 2.75) is 96.6 Å². The number of methoxy groups -OCH3 is 1. The molecule has 0 amide bonds. The van der Waals surface area contributed by atoms with Crippen molar-refractivity contribution in [2.24, 2.45) is 17.8 Å². The summed E-state index contributed by atoms with van der Waals surface area (Å²) in [6.07, 6.45) is 3.20. The third-order valence-electron chi connectivity index (χ3n) is 8.74. The van der Waals surface area contributed by atoms with Crippen LogP contribution in [0.1, 0.15) is 66.2 Å². The zero-order chi connectivity index (χ0) is 30.5. The summed E-state index contributed by atoms with van der Waals surface area (Å²) in [6, 6.07) is 7.62. The summed E-state index contributed by atoms with van der Waals surface area (Å²) in [5, 5.41) is 10.6. The van der Waals surface area contributed by atoms with Crippen LogP contribution in [0.25, 0.3) is 0 Å². The second-order valence-electron chi connectivity index (χ2n) is 12.6. The average Bonchev–Trinajstić information content (AvgIpc) is 3.24. The standard InChI is InChI=1S/C32H49IO6Si/c1-12-21(3)27(22(4)20-33)28(29(34)35)25(39-40(10,11)31(5,6)7)18-19-32(8)26(13-2)37-30(38-32)23-14-16-24(36-9)17-15-23/h12-17,20-21,25-28,30H,1-2,18-19H2,3-11H3,(H,34,35)/t21-,25+,26-,27+,28?,30?,32+/m0/s1. The Morgan fingerprint density at radius 1 is 1.23 bits per heavy atom. The van der Waals surface area contributed by atoms with E-state index in [0.29, 0.717) is 12.8 Å². The Labute approximate surface area is 256 Å². The highest BCUT2D eigenvalue weighted by atomic mass is 127. The van der Waals surface area contributed by atoms with Gasteiger partial charge >= 0.3 is 5.97 Å². The molecule has 2 unspecified atom stereocenters. The SMILES string of the molecule is C=C[C@@H]1OC(c2ccc(OC)cc2)O[C@]1(C)CC[C@@H](O[Si](C)(C)C(C)(C)C)C(C(=O)O)[C@@H](C(C)=CI)[C@@H](C)C=C. The highest BCUT2D eigenvalue weighted by Gasteiger charge is 2.49. The van der Waals surface area contributed by atoms with Crippen LogP contribution in [0.2, 0.25) is 18.1 Å². The molecule has 1 aromatic rings. The lowest BCUT2D eigenvalue weighted by atomic mass is 9.74. The molecule has 0 bridgehead atoms. The van der Waals surface area contributed by atoms with Crippen molar-refractivity contribution >= 4 is 36.9 Å². The van der Waals surface area contributed by atoms with Crippen molar-refractivity contribution in [2.75, 3.05) is 7.11 Å². The lowest BCUT2D eigenvalue weighted by molar-refractivity contribution is -0.149. The van der Waals surface area contributed by atoms with Gasteiger partial charge in [-0.2, -0.15) is 0 Å². The monoisotopic (exact) mass is 684 g/mol. The Morgan fingerprint density at radius 2 is 1.82 bits per heavy atom. The first-order valence-corrected chi connectivity index (χ1v) is 18.1. The topological polar surface area (TPSA) is 74.2 Å². The van der Waals surface area contributed by atoms with E-state index < -0.39 is 38.2 Å². The van der Waals surface area contributed by atoms with Crippen molar-refractivity contribution in [3.05, 3.63) is 64.8 Å². The summed E-state index contributed by atoms with van der Waals surface area (Å²) in [7, 11) is -0.697. The molecule has 0 aromatic heterocycles. The highest BCUT2D eigenvalue weighted by Crippen LogP contribution is 2.45. The number of hydrogen-bond donors (Lipinski definition) is 1. The summed E-state index contributed by atoms with van der Waals surface area (Å²) in [4.78, 5) is 13.0. The number of carboxylic acids is 1. The fourth-order valence-corrected chi connectivity index (χ4v) is 6.90. The van der Waals surface area contributed by atoms with Gasteiger partial charge in [-0.1, -0.05) is 80.1 Å². The molecule has 40 heavy (non-hydrogen) atoms. The van der Waals surface area contributed by atoms with Crippen LogP contribution in [0.4, 0.5) is 0 Å². The van der Waals surface area contributed by atoms with Crippen LogP contribution in [0.5, 0.6) is 5.75 Å². The molecule has 224 valence electrons. The minimum atomic E-state index is -2.33. The Hall–Kier alpha value is -1.46. The van der Waals surface area contributed by atoms with E-state index in [4.69, 9.17) is 18.6 Å². The lowest BCUT2D eigenvalue weighted by Gasteiger charge is -2.43. The molecular formula is C32H49IO6Si. The third kappa shape index (κ3) is 8.09. The van der Waals surface area contributed by atoms with Gasteiger partial charge in [-0.25, -0.2) is 0 Å². The smallest absolute Gasteiger partial charge is 0.309 e. The van der Waals surface area contributed by atoms with Gasteiger partial charge in [0.15, 0.2) is 14.6 Å². The largest absolute Gasteiger partial charge is 0.497 e. The molecule has 6 nitrogen and oxygen atoms in total. The predicted octanol–water partition coefficient (Wildman–Crippen LogP) is 8.70. The van der Waals surface area contributed by atoms with Crippen LogP contribution >= 0.6 is 22.6 Å². The Balaban J connectivity index is 2.46. The zero-order valence-electron chi connectivity index (χ0n) is 25.7. The zero-order valence-corrected chi connectivity index (χ0v) is 28.9. The van der Waals surface area contributed by atoms with E-state index in [2.05, 4.69) is 69.6 Å². The molecule has 1 aliphatic rings. The number of aliphatic carboxylic acids is 1. The molecule has 8 heteroatoms. The van der Waals surface area contributed by atoms with Gasteiger partial charge in [0.05, 0.1) is 24.7 Å². The van der Waals surface area contributed by atoms with E-state index in [1.54, 1.807) is 13.2 Å². The van der Waals surface area contributed by atoms with E-state index in [1.807, 2.05) is 55.2 Å². The molecule has 1 aliphatic heterocycles. The Morgan fingerprint density at radius 3 is 2.27 bits per heavy atom. The number of ether oxygens (including phenoxy) is 3. The van der Waals surface area contributed by atoms with Gasteiger partial charge in [0.25, 0.3) is 0 Å². The quantitative estimate of drug-likeness (QED) is 0.120. The number of allylic oxidation sites excluding steroid dienone is 2. The van der Waals surface area contributed by atoms with Crippen LogP contribution in [0.15, 0.2) is 59.2 Å². The molecule has 1 aromatic carbocycles. The van der Waals surface area contributed by atoms with Gasteiger partial charge in [0.1, 0.15) is 11.9 Å². The van der Waals surface area contributed by atoms with Gasteiger partial charge < -0.3 is 23.7 Å². The first-order valence-electron chi connectivity index (χ1n) is 13.9. The van der Waals surface area contributed by atoms with Crippen molar-refractivity contribution in [1.29, 1.82) is 0 Å². The molecule has 1 fully saturated rings. The van der Waals surface area contributed by atoms with Crippen molar-refractivity contribution in [3.63, 3.8) is 0 Å². The molecule has 0 saturated carbocycles. The van der Waals surface area contributed by atoms with E-state index in [0.717, 1.165) is 16.9 Å². The molecule has 1 saturated heterocycles. The van der Waals surface area contributed by atoms with Gasteiger partial charge in [-0.05, 0) is 67.0 Å². The van der Waals surface area contributed by atoms with Crippen LogP contribution in [0, 0.1) is 17.8 Å². The third-order valence-corrected chi connectivity index (χ3v) is 14.2. The molecule has 0 aliphatic carbocycles. The van der Waals surface area contributed by atoms with Crippen molar-refractivity contribution in [3.8, 4) is 5.75 Å². The van der Waals surface area contributed by atoms with Gasteiger partial charge in [-0.3, -0.25) is 4.79 Å². The van der Waals surface area contributed by atoms with Crippen LogP contribution in [-0.4, -0.2) is 44.3 Å². The second kappa shape index (κ2) is 14.1. The summed E-state index contributed by atoms with van der Waals surface area (Å²) in [5.74, 6) is -1.14. The second-order valence-corrected chi connectivity index (χ2v) is 18.0. The number of carboxylic acid groups (broad SMARTS) is 1. The molecule has 0 radical (unpaired) electrons.